The molecule has 1 unspecified atom stereocenters. The minimum atomic E-state index is -2.56. The van der Waals surface area contributed by atoms with E-state index in [4.69, 9.17) is 5.53 Å². The molecule has 0 heterocycles. The van der Waals surface area contributed by atoms with Gasteiger partial charge in [-0.05, 0) is 11.6 Å². The van der Waals surface area contributed by atoms with Gasteiger partial charge in [0.1, 0.15) is 6.04 Å². The smallest absolute Gasteiger partial charge is 0.218 e. The summed E-state index contributed by atoms with van der Waals surface area (Å²) >= 11 is 0. The molecule has 1 aliphatic carbocycles. The molecule has 20 heavy (non-hydrogen) atoms. The van der Waals surface area contributed by atoms with Gasteiger partial charge >= 0.3 is 0 Å². The Morgan fingerprint density at radius 1 is 1.25 bits per heavy atom. The number of allylic oxidation sites excluding steroid dienone is 2. The summed E-state index contributed by atoms with van der Waals surface area (Å²) in [6.45, 7) is 0. The molecule has 1 aromatic rings. The van der Waals surface area contributed by atoms with Gasteiger partial charge in [-0.2, -0.15) is 8.42 Å². The van der Waals surface area contributed by atoms with E-state index in [9.17, 15) is 13.2 Å². The Morgan fingerprint density at radius 3 is 2.55 bits per heavy atom. The average Bonchev–Trinajstić information content (AvgIpc) is 2.47. The van der Waals surface area contributed by atoms with Gasteiger partial charge in [0, 0.05) is 16.0 Å². The number of hydrogen-bond donors (Lipinski definition) is 0. The molecular formula is C13H9N3O3S. The lowest BCUT2D eigenvalue weighted by molar-refractivity contribution is 0.103. The fraction of sp³-hybridized carbons (Fsp3) is 0.0769. The van der Waals surface area contributed by atoms with Gasteiger partial charge in [-0.1, -0.05) is 47.6 Å². The van der Waals surface area contributed by atoms with Crippen molar-refractivity contribution in [3.8, 4) is 0 Å². The van der Waals surface area contributed by atoms with Crippen molar-refractivity contribution >= 4 is 20.9 Å². The van der Waals surface area contributed by atoms with Crippen LogP contribution in [0, 0.1) is 0 Å². The first-order valence-corrected chi connectivity index (χ1v) is 6.71. The van der Waals surface area contributed by atoms with Crippen molar-refractivity contribution in [3.05, 3.63) is 70.1 Å². The van der Waals surface area contributed by atoms with Crippen molar-refractivity contribution in [2.45, 2.75) is 6.04 Å². The molecule has 0 saturated heterocycles. The highest BCUT2D eigenvalue weighted by molar-refractivity contribution is 7.73. The van der Waals surface area contributed by atoms with Crippen molar-refractivity contribution < 1.29 is 13.2 Å². The molecule has 0 saturated carbocycles. The summed E-state index contributed by atoms with van der Waals surface area (Å²) in [6.07, 6.45) is 4.22. The number of carbonyl (C=O) groups is 1. The van der Waals surface area contributed by atoms with E-state index in [1.54, 1.807) is 30.3 Å². The number of azide groups is 1. The molecular weight excluding hydrogens is 278 g/mol. The van der Waals surface area contributed by atoms with Crippen molar-refractivity contribution in [1.29, 1.82) is 0 Å². The van der Waals surface area contributed by atoms with E-state index in [0.29, 0.717) is 5.56 Å². The Kier molecular flexibility index (Phi) is 4.14. The number of ketones is 1. The van der Waals surface area contributed by atoms with E-state index in [0.717, 1.165) is 0 Å². The van der Waals surface area contributed by atoms with Crippen LogP contribution in [0.4, 0.5) is 0 Å². The van der Waals surface area contributed by atoms with Crippen molar-refractivity contribution in [1.82, 2.24) is 0 Å². The quantitative estimate of drug-likeness (QED) is 0.280. The molecule has 1 aromatic carbocycles. The summed E-state index contributed by atoms with van der Waals surface area (Å²) in [5.74, 6) is -0.365. The first-order chi connectivity index (χ1) is 9.65. The monoisotopic (exact) mass is 287 g/mol. The Bertz CT molecular complexity index is 777. The van der Waals surface area contributed by atoms with Crippen LogP contribution in [0.5, 0.6) is 0 Å². The maximum atomic E-state index is 12.4. The fourth-order valence-electron chi connectivity index (χ4n) is 1.86. The van der Waals surface area contributed by atoms with Crippen LogP contribution in [0.15, 0.2) is 59.2 Å². The predicted octanol–water partition coefficient (Wildman–Crippen LogP) is 2.10. The van der Waals surface area contributed by atoms with Gasteiger partial charge in [0.15, 0.2) is 5.78 Å². The van der Waals surface area contributed by atoms with E-state index in [2.05, 4.69) is 10.0 Å². The molecule has 0 spiro atoms. The summed E-state index contributed by atoms with van der Waals surface area (Å²) in [5.41, 5.74) is 9.11. The Morgan fingerprint density at radius 2 is 1.95 bits per heavy atom. The van der Waals surface area contributed by atoms with Crippen molar-refractivity contribution in [3.63, 3.8) is 0 Å². The second-order valence-electron chi connectivity index (χ2n) is 3.92. The third-order valence-electron chi connectivity index (χ3n) is 2.76. The number of rotatable bonds is 3. The summed E-state index contributed by atoms with van der Waals surface area (Å²) < 4.78 is 22.3. The molecule has 0 bridgehead atoms. The van der Waals surface area contributed by atoms with Gasteiger partial charge in [-0.25, -0.2) is 0 Å². The lowest BCUT2D eigenvalue weighted by Gasteiger charge is -2.16. The second kappa shape index (κ2) is 6.01. The highest BCUT2D eigenvalue weighted by Gasteiger charge is 2.27. The summed E-state index contributed by atoms with van der Waals surface area (Å²) in [7, 11) is -2.56. The van der Waals surface area contributed by atoms with Crippen LogP contribution in [0.2, 0.25) is 0 Å². The van der Waals surface area contributed by atoms with Crippen molar-refractivity contribution in [2.24, 2.45) is 5.11 Å². The number of nitrogens with zero attached hydrogens (tertiary/aromatic N) is 3. The van der Waals surface area contributed by atoms with Crippen molar-refractivity contribution in [2.75, 3.05) is 0 Å². The standard InChI is InChI=1S/C13H9N3O3S/c14-16-15-12-10(7-4-8-11(12)20(18)19)13(17)9-5-2-1-3-6-9/h1-8,12H. The zero-order valence-corrected chi connectivity index (χ0v) is 11.0. The second-order valence-corrected chi connectivity index (χ2v) is 4.86. The molecule has 0 aliphatic heterocycles. The molecule has 0 radical (unpaired) electrons. The van der Waals surface area contributed by atoms with Crippen LogP contribution in [0.25, 0.3) is 10.4 Å². The number of carbonyl (C=O) groups excluding carboxylic acids is 1. The van der Waals surface area contributed by atoms with E-state index in [1.807, 2.05) is 0 Å². The highest BCUT2D eigenvalue weighted by atomic mass is 32.2. The lowest BCUT2D eigenvalue weighted by atomic mass is 9.92. The lowest BCUT2D eigenvalue weighted by Crippen LogP contribution is -2.26. The summed E-state index contributed by atoms with van der Waals surface area (Å²) in [5, 5.41) is 3.42. The largest absolute Gasteiger partial charge is 0.289 e. The van der Waals surface area contributed by atoms with E-state index in [1.165, 1.54) is 18.2 Å². The molecule has 2 rings (SSSR count). The first kappa shape index (κ1) is 13.8. The van der Waals surface area contributed by atoms with Crippen LogP contribution < -0.4 is 0 Å². The van der Waals surface area contributed by atoms with Crippen LogP contribution in [-0.2, 0) is 10.3 Å². The van der Waals surface area contributed by atoms with E-state index in [-0.39, 0.29) is 16.2 Å². The summed E-state index contributed by atoms with van der Waals surface area (Å²) in [6, 6.07) is 7.26. The molecule has 0 fully saturated rings. The molecule has 0 aromatic heterocycles. The van der Waals surface area contributed by atoms with Gasteiger partial charge in [-0.15, -0.1) is 0 Å². The van der Waals surface area contributed by atoms with Crippen LogP contribution in [0.1, 0.15) is 10.4 Å². The van der Waals surface area contributed by atoms with Gasteiger partial charge in [-0.3, -0.25) is 4.79 Å². The third-order valence-corrected chi connectivity index (χ3v) is 3.50. The maximum Gasteiger partial charge on any atom is 0.218 e. The zero-order valence-electron chi connectivity index (χ0n) is 10.2. The van der Waals surface area contributed by atoms with E-state index < -0.39 is 16.3 Å². The number of hydrogen-bond acceptors (Lipinski definition) is 4. The Hall–Kier alpha value is -2.63. The van der Waals surface area contributed by atoms with Gasteiger partial charge in [0.2, 0.25) is 10.3 Å². The number of benzene rings is 1. The highest BCUT2D eigenvalue weighted by Crippen LogP contribution is 2.19. The molecule has 7 heteroatoms. The average molecular weight is 287 g/mol. The van der Waals surface area contributed by atoms with Gasteiger partial charge < -0.3 is 0 Å². The van der Waals surface area contributed by atoms with Gasteiger partial charge in [0.25, 0.3) is 0 Å². The third kappa shape index (κ3) is 2.69. The van der Waals surface area contributed by atoms with Crippen LogP contribution >= 0.6 is 0 Å². The zero-order chi connectivity index (χ0) is 14.5. The Labute approximate surface area is 116 Å². The van der Waals surface area contributed by atoms with Crippen LogP contribution in [-0.4, -0.2) is 25.1 Å². The normalized spacial score (nSPS) is 17.1. The minimum absolute atomic E-state index is 0.121. The fourth-order valence-corrected chi connectivity index (χ4v) is 2.40. The maximum absolute atomic E-state index is 12.4. The molecule has 0 N–H and O–H groups in total. The Balaban J connectivity index is 2.52. The predicted molar refractivity (Wildman–Crippen MR) is 74.9 cm³/mol. The molecule has 1 aliphatic rings. The van der Waals surface area contributed by atoms with Crippen LogP contribution in [0.3, 0.4) is 0 Å². The molecule has 6 nitrogen and oxygen atoms in total. The summed E-state index contributed by atoms with van der Waals surface area (Å²) in [4.78, 5) is 14.9. The molecule has 0 amide bonds. The number of Topliss-reactive ketones (excluding diaryl/α,β-unsaturated/α-hetero) is 1. The topological polar surface area (TPSA) is 100.0 Å². The first-order valence-electron chi connectivity index (χ1n) is 5.63. The SMILES string of the molecule is [N-]=[N+]=NC1C(C(=O)c2ccccc2)=CC=CC1=S(=O)=O. The van der Waals surface area contributed by atoms with E-state index >= 15 is 0 Å². The molecule has 1 atom stereocenters. The van der Waals surface area contributed by atoms with Gasteiger partial charge in [0.05, 0.1) is 4.86 Å². The minimum Gasteiger partial charge on any atom is -0.289 e. The molecule has 100 valence electrons.